The maximum absolute atomic E-state index is 12.5. The van der Waals surface area contributed by atoms with E-state index in [-0.39, 0.29) is 11.8 Å². The fourth-order valence-electron chi connectivity index (χ4n) is 1.65. The normalized spacial score (nSPS) is 14.6. The number of alkyl halides is 3. The Morgan fingerprint density at radius 1 is 1.11 bits per heavy atom. The molecule has 0 saturated carbocycles. The van der Waals surface area contributed by atoms with Crippen LogP contribution in [0.4, 0.5) is 13.2 Å². The van der Waals surface area contributed by atoms with Crippen molar-refractivity contribution >= 4 is 0 Å². The first-order valence-electron chi connectivity index (χ1n) is 5.77. The van der Waals surface area contributed by atoms with Crippen LogP contribution < -0.4 is 11.3 Å². The Balaban J connectivity index is 2.81. The zero-order chi connectivity index (χ0) is 14.0. The molecule has 1 unspecified atom stereocenters. The number of hydrogen-bond donors (Lipinski definition) is 2. The lowest BCUT2D eigenvalue weighted by molar-refractivity contribution is -0.155. The van der Waals surface area contributed by atoms with Gasteiger partial charge in [-0.15, -0.1) is 0 Å². The van der Waals surface area contributed by atoms with Crippen LogP contribution in [0.1, 0.15) is 31.9 Å². The van der Waals surface area contributed by atoms with E-state index in [1.165, 1.54) is 0 Å². The summed E-state index contributed by atoms with van der Waals surface area (Å²) in [5.74, 6) is 4.94. The summed E-state index contributed by atoms with van der Waals surface area (Å²) in [7, 11) is 0. The lowest BCUT2D eigenvalue weighted by Crippen LogP contribution is -2.47. The van der Waals surface area contributed by atoms with Gasteiger partial charge in [0.15, 0.2) is 0 Å². The molecule has 5 heteroatoms. The Morgan fingerprint density at radius 3 is 1.94 bits per heavy atom. The Bertz CT molecular complexity index is 377. The third-order valence-corrected chi connectivity index (χ3v) is 2.86. The molecule has 1 atom stereocenters. The summed E-state index contributed by atoms with van der Waals surface area (Å²) < 4.78 is 37.6. The summed E-state index contributed by atoms with van der Waals surface area (Å²) in [6.45, 7) is 6.17. The van der Waals surface area contributed by atoms with E-state index in [9.17, 15) is 13.2 Å². The molecule has 2 nitrogen and oxygen atoms in total. The molecule has 0 amide bonds. The number of rotatable bonds is 3. The summed E-state index contributed by atoms with van der Waals surface area (Å²) in [4.78, 5) is 0. The Kier molecular flexibility index (Phi) is 4.40. The number of benzene rings is 1. The number of nitrogens with one attached hydrogen (secondary N) is 1. The van der Waals surface area contributed by atoms with Gasteiger partial charge in [-0.3, -0.25) is 5.84 Å². The van der Waals surface area contributed by atoms with Gasteiger partial charge in [-0.2, -0.15) is 13.2 Å². The van der Waals surface area contributed by atoms with Crippen LogP contribution in [0.15, 0.2) is 24.3 Å². The van der Waals surface area contributed by atoms with Crippen molar-refractivity contribution in [2.24, 2.45) is 5.84 Å². The minimum Gasteiger partial charge on any atom is -0.271 e. The zero-order valence-corrected chi connectivity index (χ0v) is 10.8. The molecule has 0 heterocycles. The minimum atomic E-state index is -4.34. The molecule has 0 radical (unpaired) electrons. The van der Waals surface area contributed by atoms with E-state index >= 15 is 0 Å². The third kappa shape index (κ3) is 3.99. The number of hydrogen-bond acceptors (Lipinski definition) is 2. The Morgan fingerprint density at radius 2 is 1.61 bits per heavy atom. The van der Waals surface area contributed by atoms with Crippen LogP contribution in [-0.4, -0.2) is 12.2 Å². The van der Waals surface area contributed by atoms with Crippen molar-refractivity contribution in [3.05, 3.63) is 35.4 Å². The first-order valence-corrected chi connectivity index (χ1v) is 5.77. The van der Waals surface area contributed by atoms with Gasteiger partial charge < -0.3 is 0 Å². The van der Waals surface area contributed by atoms with Gasteiger partial charge in [0.25, 0.3) is 0 Å². The maximum atomic E-state index is 12.5. The molecule has 0 spiro atoms. The molecule has 0 aromatic heterocycles. The fourth-order valence-corrected chi connectivity index (χ4v) is 1.65. The maximum Gasteiger partial charge on any atom is 0.405 e. The smallest absolute Gasteiger partial charge is 0.271 e. The van der Waals surface area contributed by atoms with E-state index in [1.54, 1.807) is 12.1 Å². The molecule has 0 bridgehead atoms. The van der Waals surface area contributed by atoms with Crippen LogP contribution >= 0.6 is 0 Å². The van der Waals surface area contributed by atoms with Crippen LogP contribution in [0.2, 0.25) is 0 Å². The molecule has 3 N–H and O–H groups in total. The van der Waals surface area contributed by atoms with Crippen LogP contribution in [0.5, 0.6) is 0 Å². The van der Waals surface area contributed by atoms with E-state index in [0.29, 0.717) is 5.56 Å². The van der Waals surface area contributed by atoms with Gasteiger partial charge in [-0.05, 0) is 23.0 Å². The summed E-state index contributed by atoms with van der Waals surface area (Å²) >= 11 is 0. The molecule has 18 heavy (non-hydrogen) atoms. The van der Waals surface area contributed by atoms with E-state index < -0.39 is 12.2 Å². The SMILES string of the molecule is CC(C)(C)c1ccc(CC(NN)C(F)(F)F)cc1. The Labute approximate surface area is 105 Å². The van der Waals surface area contributed by atoms with E-state index in [0.717, 1.165) is 5.56 Å². The van der Waals surface area contributed by atoms with Gasteiger partial charge in [-0.1, -0.05) is 45.0 Å². The minimum absolute atomic E-state index is 0.00588. The van der Waals surface area contributed by atoms with Gasteiger partial charge >= 0.3 is 6.18 Å². The molecular weight excluding hydrogens is 241 g/mol. The predicted molar refractivity (Wildman–Crippen MR) is 66.0 cm³/mol. The van der Waals surface area contributed by atoms with Crippen molar-refractivity contribution in [3.8, 4) is 0 Å². The fraction of sp³-hybridized carbons (Fsp3) is 0.538. The van der Waals surface area contributed by atoms with Crippen molar-refractivity contribution in [2.45, 2.75) is 44.8 Å². The summed E-state index contributed by atoms with van der Waals surface area (Å²) in [6, 6.07) is 5.45. The second-order valence-corrected chi connectivity index (χ2v) is 5.41. The van der Waals surface area contributed by atoms with Crippen LogP contribution in [0.3, 0.4) is 0 Å². The second-order valence-electron chi connectivity index (χ2n) is 5.41. The van der Waals surface area contributed by atoms with Gasteiger partial charge in [0.2, 0.25) is 0 Å². The van der Waals surface area contributed by atoms with Gasteiger partial charge in [0, 0.05) is 0 Å². The first-order chi connectivity index (χ1) is 8.14. The highest BCUT2D eigenvalue weighted by atomic mass is 19.4. The highest BCUT2D eigenvalue weighted by molar-refractivity contribution is 5.28. The molecule has 0 aliphatic carbocycles. The van der Waals surface area contributed by atoms with Crippen molar-refractivity contribution < 1.29 is 13.2 Å². The van der Waals surface area contributed by atoms with Crippen molar-refractivity contribution in [1.82, 2.24) is 5.43 Å². The molecule has 1 aromatic rings. The highest BCUT2D eigenvalue weighted by Crippen LogP contribution is 2.25. The summed E-state index contributed by atoms with van der Waals surface area (Å²) in [6.07, 6.45) is -4.50. The molecular formula is C13H19F3N2. The average molecular weight is 260 g/mol. The van der Waals surface area contributed by atoms with Gasteiger partial charge in [-0.25, -0.2) is 5.43 Å². The molecule has 102 valence electrons. The predicted octanol–water partition coefficient (Wildman–Crippen LogP) is 2.92. The standard InChI is InChI=1S/C13H19F3N2/c1-12(2,3)10-6-4-9(5-7-10)8-11(18-17)13(14,15)16/h4-7,11,18H,8,17H2,1-3H3. The number of nitrogens with two attached hydrogens (primary N) is 1. The van der Waals surface area contributed by atoms with E-state index in [1.807, 2.05) is 17.6 Å². The van der Waals surface area contributed by atoms with Crippen molar-refractivity contribution in [1.29, 1.82) is 0 Å². The first kappa shape index (κ1) is 15.0. The van der Waals surface area contributed by atoms with Gasteiger partial charge in [0.05, 0.1) is 0 Å². The monoisotopic (exact) mass is 260 g/mol. The third-order valence-electron chi connectivity index (χ3n) is 2.86. The number of halogens is 3. The highest BCUT2D eigenvalue weighted by Gasteiger charge is 2.38. The largest absolute Gasteiger partial charge is 0.405 e. The Hall–Kier alpha value is -1.07. The van der Waals surface area contributed by atoms with Crippen LogP contribution in [0, 0.1) is 0 Å². The molecule has 1 aromatic carbocycles. The van der Waals surface area contributed by atoms with Crippen LogP contribution in [-0.2, 0) is 11.8 Å². The molecule has 0 saturated heterocycles. The number of hydrazine groups is 1. The zero-order valence-electron chi connectivity index (χ0n) is 10.8. The van der Waals surface area contributed by atoms with E-state index in [2.05, 4.69) is 20.8 Å². The lowest BCUT2D eigenvalue weighted by atomic mass is 9.86. The van der Waals surface area contributed by atoms with E-state index in [4.69, 9.17) is 5.84 Å². The second kappa shape index (κ2) is 5.28. The topological polar surface area (TPSA) is 38.0 Å². The quantitative estimate of drug-likeness (QED) is 0.648. The van der Waals surface area contributed by atoms with Crippen molar-refractivity contribution in [3.63, 3.8) is 0 Å². The molecule has 1 rings (SSSR count). The molecule has 0 fully saturated rings. The van der Waals surface area contributed by atoms with Gasteiger partial charge in [0.1, 0.15) is 6.04 Å². The summed E-state index contributed by atoms with van der Waals surface area (Å²) in [5, 5.41) is 0. The molecule has 0 aliphatic heterocycles. The lowest BCUT2D eigenvalue weighted by Gasteiger charge is -2.21. The van der Waals surface area contributed by atoms with Crippen LogP contribution in [0.25, 0.3) is 0 Å². The average Bonchev–Trinajstić information content (AvgIpc) is 2.23. The molecule has 0 aliphatic rings. The summed E-state index contributed by atoms with van der Waals surface area (Å²) in [5.41, 5.74) is 3.51. The van der Waals surface area contributed by atoms with Crippen molar-refractivity contribution in [2.75, 3.05) is 0 Å².